The maximum atomic E-state index is 12.6. The molecule has 0 spiro atoms. The molecule has 6 nitrogen and oxygen atoms in total. The number of esters is 1. The van der Waals surface area contributed by atoms with Gasteiger partial charge in [0.1, 0.15) is 16.9 Å². The molecule has 2 aromatic carbocycles. The second-order valence-electron chi connectivity index (χ2n) is 6.29. The molecule has 148 valence electrons. The van der Waals surface area contributed by atoms with Crippen molar-refractivity contribution in [1.29, 1.82) is 0 Å². The van der Waals surface area contributed by atoms with Crippen LogP contribution in [0.3, 0.4) is 0 Å². The Morgan fingerprint density at radius 3 is 2.57 bits per heavy atom. The van der Waals surface area contributed by atoms with Gasteiger partial charge in [-0.1, -0.05) is 29.3 Å². The van der Waals surface area contributed by atoms with Gasteiger partial charge in [0.15, 0.2) is 0 Å². The molecule has 1 N–H and O–H groups in total. The van der Waals surface area contributed by atoms with E-state index in [2.05, 4.69) is 20.7 Å². The Morgan fingerprint density at radius 1 is 1.18 bits per heavy atom. The molecule has 0 aliphatic carbocycles. The van der Waals surface area contributed by atoms with E-state index in [0.29, 0.717) is 34.6 Å². The Labute approximate surface area is 172 Å². The smallest absolute Gasteiger partial charge is 0.342 e. The zero-order chi connectivity index (χ0) is 20.3. The SMILES string of the molecule is CCCCOC(=O)c1c(C)oc2ccc(NS(=O)(=O)c3ccc(Br)cc3)cc12. The molecule has 28 heavy (non-hydrogen) atoms. The normalized spacial score (nSPS) is 11.5. The van der Waals surface area contributed by atoms with Gasteiger partial charge in [-0.2, -0.15) is 0 Å². The molecule has 0 aliphatic heterocycles. The second kappa shape index (κ2) is 8.36. The molecule has 0 unspecified atom stereocenters. The molecule has 8 heteroatoms. The summed E-state index contributed by atoms with van der Waals surface area (Å²) in [7, 11) is -3.76. The first-order chi connectivity index (χ1) is 13.3. The van der Waals surface area contributed by atoms with Gasteiger partial charge in [-0.25, -0.2) is 13.2 Å². The van der Waals surface area contributed by atoms with E-state index in [0.717, 1.165) is 17.3 Å². The summed E-state index contributed by atoms with van der Waals surface area (Å²) >= 11 is 3.28. The molecule has 0 aliphatic rings. The van der Waals surface area contributed by atoms with E-state index in [1.54, 1.807) is 37.3 Å². The minimum Gasteiger partial charge on any atom is -0.462 e. The first-order valence-corrected chi connectivity index (χ1v) is 11.1. The fourth-order valence-corrected chi connectivity index (χ4v) is 4.06. The number of nitrogens with one attached hydrogen (secondary N) is 1. The number of sulfonamides is 1. The van der Waals surface area contributed by atoms with Crippen LogP contribution in [-0.4, -0.2) is 21.0 Å². The van der Waals surface area contributed by atoms with Gasteiger partial charge >= 0.3 is 5.97 Å². The Bertz CT molecular complexity index is 1100. The molecule has 3 aromatic rings. The zero-order valence-corrected chi connectivity index (χ0v) is 17.9. The van der Waals surface area contributed by atoms with Crippen molar-refractivity contribution in [3.63, 3.8) is 0 Å². The fraction of sp³-hybridized carbons (Fsp3) is 0.250. The number of hydrogen-bond donors (Lipinski definition) is 1. The third-order valence-electron chi connectivity index (χ3n) is 4.18. The lowest BCUT2D eigenvalue weighted by Crippen LogP contribution is -2.13. The topological polar surface area (TPSA) is 85.6 Å². The molecular weight excluding hydrogens is 446 g/mol. The summed E-state index contributed by atoms with van der Waals surface area (Å²) in [4.78, 5) is 12.6. The van der Waals surface area contributed by atoms with Crippen molar-refractivity contribution < 1.29 is 22.4 Å². The quantitative estimate of drug-likeness (QED) is 0.379. The minimum absolute atomic E-state index is 0.137. The first kappa shape index (κ1) is 20.4. The molecular formula is C20H20BrNO5S. The van der Waals surface area contributed by atoms with E-state index >= 15 is 0 Å². The summed E-state index contributed by atoms with van der Waals surface area (Å²) in [6, 6.07) is 11.1. The van der Waals surface area contributed by atoms with Crippen LogP contribution in [-0.2, 0) is 14.8 Å². The van der Waals surface area contributed by atoms with Crippen LogP contribution in [0.4, 0.5) is 5.69 Å². The maximum Gasteiger partial charge on any atom is 0.342 e. The number of rotatable bonds is 7. The van der Waals surface area contributed by atoms with Gasteiger partial charge in [0.2, 0.25) is 0 Å². The number of fused-ring (bicyclic) bond motifs is 1. The number of furan rings is 1. The Morgan fingerprint density at radius 2 is 1.89 bits per heavy atom. The number of carbonyl (C=O) groups is 1. The van der Waals surface area contributed by atoms with Crippen molar-refractivity contribution in [2.24, 2.45) is 0 Å². The lowest BCUT2D eigenvalue weighted by molar-refractivity contribution is 0.0500. The van der Waals surface area contributed by atoms with Gasteiger partial charge in [0.25, 0.3) is 10.0 Å². The molecule has 0 saturated heterocycles. The molecule has 1 heterocycles. The average Bonchev–Trinajstić information content (AvgIpc) is 2.97. The number of benzene rings is 2. The van der Waals surface area contributed by atoms with Crippen LogP contribution in [0.5, 0.6) is 0 Å². The number of unbranched alkanes of at least 4 members (excludes halogenated alkanes) is 1. The van der Waals surface area contributed by atoms with E-state index < -0.39 is 16.0 Å². The summed E-state index contributed by atoms with van der Waals surface area (Å²) in [6.07, 6.45) is 1.69. The van der Waals surface area contributed by atoms with Crippen LogP contribution in [0, 0.1) is 6.92 Å². The highest BCUT2D eigenvalue weighted by Gasteiger charge is 2.21. The highest BCUT2D eigenvalue weighted by Crippen LogP contribution is 2.30. The molecule has 0 amide bonds. The zero-order valence-electron chi connectivity index (χ0n) is 15.5. The second-order valence-corrected chi connectivity index (χ2v) is 8.89. The molecule has 0 saturated carbocycles. The van der Waals surface area contributed by atoms with E-state index in [4.69, 9.17) is 9.15 Å². The highest BCUT2D eigenvalue weighted by atomic mass is 79.9. The maximum absolute atomic E-state index is 12.6. The number of carbonyl (C=O) groups excluding carboxylic acids is 1. The van der Waals surface area contributed by atoms with Crippen LogP contribution in [0.15, 0.2) is 56.2 Å². The average molecular weight is 466 g/mol. The van der Waals surface area contributed by atoms with Crippen molar-refractivity contribution in [1.82, 2.24) is 0 Å². The van der Waals surface area contributed by atoms with E-state index in [-0.39, 0.29) is 4.90 Å². The largest absolute Gasteiger partial charge is 0.462 e. The van der Waals surface area contributed by atoms with Crippen molar-refractivity contribution in [3.05, 3.63) is 58.3 Å². The molecule has 0 atom stereocenters. The predicted molar refractivity (Wildman–Crippen MR) is 111 cm³/mol. The Kier molecular flexibility index (Phi) is 6.10. The summed E-state index contributed by atoms with van der Waals surface area (Å²) in [5.41, 5.74) is 1.14. The third kappa shape index (κ3) is 4.39. The minimum atomic E-state index is -3.76. The predicted octanol–water partition coefficient (Wildman–Crippen LogP) is 5.26. The van der Waals surface area contributed by atoms with Crippen molar-refractivity contribution in [2.45, 2.75) is 31.6 Å². The first-order valence-electron chi connectivity index (χ1n) is 8.80. The van der Waals surface area contributed by atoms with Gasteiger partial charge < -0.3 is 9.15 Å². The van der Waals surface area contributed by atoms with Gasteiger partial charge in [-0.3, -0.25) is 4.72 Å². The van der Waals surface area contributed by atoms with E-state index in [1.165, 1.54) is 12.1 Å². The number of halogens is 1. The van der Waals surface area contributed by atoms with Crippen LogP contribution in [0.2, 0.25) is 0 Å². The van der Waals surface area contributed by atoms with Crippen molar-refractivity contribution in [2.75, 3.05) is 11.3 Å². The van der Waals surface area contributed by atoms with Crippen molar-refractivity contribution in [3.8, 4) is 0 Å². The van der Waals surface area contributed by atoms with Gasteiger partial charge in [-0.05, 0) is 55.8 Å². The molecule has 1 aromatic heterocycles. The highest BCUT2D eigenvalue weighted by molar-refractivity contribution is 9.10. The Balaban J connectivity index is 1.92. The number of aryl methyl sites for hydroxylation is 1. The lowest BCUT2D eigenvalue weighted by Gasteiger charge is -2.08. The van der Waals surface area contributed by atoms with Crippen LogP contribution < -0.4 is 4.72 Å². The third-order valence-corrected chi connectivity index (χ3v) is 6.10. The molecule has 0 radical (unpaired) electrons. The Hall–Kier alpha value is -2.32. The monoisotopic (exact) mass is 465 g/mol. The van der Waals surface area contributed by atoms with Crippen LogP contribution >= 0.6 is 15.9 Å². The number of anilines is 1. The van der Waals surface area contributed by atoms with Gasteiger partial charge in [-0.15, -0.1) is 0 Å². The molecule has 0 fully saturated rings. The van der Waals surface area contributed by atoms with Crippen LogP contribution in [0.1, 0.15) is 35.9 Å². The van der Waals surface area contributed by atoms with E-state index in [9.17, 15) is 13.2 Å². The van der Waals surface area contributed by atoms with Crippen molar-refractivity contribution >= 4 is 48.6 Å². The number of ether oxygens (including phenoxy) is 1. The van der Waals surface area contributed by atoms with Gasteiger partial charge in [0, 0.05) is 15.5 Å². The van der Waals surface area contributed by atoms with Crippen LogP contribution in [0.25, 0.3) is 11.0 Å². The fourth-order valence-electron chi connectivity index (χ4n) is 2.75. The summed E-state index contributed by atoms with van der Waals surface area (Å²) in [5, 5.41) is 0.509. The standard InChI is InChI=1S/C20H20BrNO5S/c1-3-4-11-26-20(23)19-13(2)27-18-10-7-15(12-17(18)19)22-28(24,25)16-8-5-14(21)6-9-16/h5-10,12,22H,3-4,11H2,1-2H3. The molecule has 0 bridgehead atoms. The summed E-state index contributed by atoms with van der Waals surface area (Å²) in [5.74, 6) is -0.0398. The lowest BCUT2D eigenvalue weighted by atomic mass is 10.1. The van der Waals surface area contributed by atoms with E-state index in [1.807, 2.05) is 6.92 Å². The summed E-state index contributed by atoms with van der Waals surface area (Å²) in [6.45, 7) is 4.02. The molecule has 3 rings (SSSR count). The summed E-state index contributed by atoms with van der Waals surface area (Å²) < 4.78 is 39.5. The number of hydrogen-bond acceptors (Lipinski definition) is 5. The van der Waals surface area contributed by atoms with Gasteiger partial charge in [0.05, 0.1) is 11.5 Å².